The standard InChI is InChI=1S/C18H21N3O13P2/c1-9-3-2-4-10-11(19-33-16(9)10)7-21-13(22)5-6-20(18(21)25)17-15(24)14(23)12(32-17)8-31-36(29,30)34-35(26,27)28/h2-6,12,14-15,17,23-24H,7-8H2,1H3,(H,29,30)(H2,26,27,28)/t12-,14+,15+,17-/m1/s1. The van der Waals surface area contributed by atoms with Gasteiger partial charge >= 0.3 is 21.3 Å². The van der Waals surface area contributed by atoms with E-state index in [-0.39, 0.29) is 6.54 Å². The molecule has 1 saturated heterocycles. The summed E-state index contributed by atoms with van der Waals surface area (Å²) in [5.41, 5.74) is -0.0344. The summed E-state index contributed by atoms with van der Waals surface area (Å²) in [6.45, 7) is 0.582. The van der Waals surface area contributed by atoms with Crippen LogP contribution in [-0.2, 0) is 29.2 Å². The number of phosphoric ester groups is 1. The molecule has 4 rings (SSSR count). The monoisotopic (exact) mass is 549 g/mol. The number of para-hydroxylation sites is 1. The molecule has 196 valence electrons. The van der Waals surface area contributed by atoms with Gasteiger partial charge in [0.1, 0.15) is 24.0 Å². The summed E-state index contributed by atoms with van der Waals surface area (Å²) in [6.07, 6.45) is -5.53. The van der Waals surface area contributed by atoms with Crippen LogP contribution in [0.5, 0.6) is 0 Å². The lowest BCUT2D eigenvalue weighted by atomic mass is 10.1. The van der Waals surface area contributed by atoms with Crippen molar-refractivity contribution >= 4 is 26.6 Å². The number of rotatable bonds is 8. The van der Waals surface area contributed by atoms with Crippen molar-refractivity contribution in [2.45, 2.75) is 38.0 Å². The van der Waals surface area contributed by atoms with E-state index >= 15 is 0 Å². The maximum absolute atomic E-state index is 13.1. The second-order valence-electron chi connectivity index (χ2n) is 7.89. The predicted octanol–water partition coefficient (Wildman–Crippen LogP) is -0.647. The van der Waals surface area contributed by atoms with Crippen LogP contribution in [0.2, 0.25) is 0 Å². The predicted molar refractivity (Wildman–Crippen MR) is 118 cm³/mol. The summed E-state index contributed by atoms with van der Waals surface area (Å²) in [5, 5.41) is 25.2. The van der Waals surface area contributed by atoms with Crippen molar-refractivity contribution in [3.63, 3.8) is 0 Å². The van der Waals surface area contributed by atoms with Gasteiger partial charge in [-0.15, -0.1) is 0 Å². The Morgan fingerprint density at radius 2 is 1.83 bits per heavy atom. The number of aromatic nitrogens is 3. The molecule has 18 heteroatoms. The van der Waals surface area contributed by atoms with Crippen molar-refractivity contribution in [1.82, 2.24) is 14.3 Å². The van der Waals surface area contributed by atoms with Gasteiger partial charge in [-0.2, -0.15) is 4.31 Å². The highest BCUT2D eigenvalue weighted by atomic mass is 31.3. The third-order valence-corrected chi connectivity index (χ3v) is 7.55. The van der Waals surface area contributed by atoms with Crippen LogP contribution < -0.4 is 11.2 Å². The number of hydrogen-bond donors (Lipinski definition) is 5. The van der Waals surface area contributed by atoms with Gasteiger partial charge in [0, 0.05) is 17.6 Å². The first-order chi connectivity index (χ1) is 16.8. The molecule has 0 bridgehead atoms. The molecule has 16 nitrogen and oxygen atoms in total. The lowest BCUT2D eigenvalue weighted by Gasteiger charge is -2.19. The molecule has 3 aromatic rings. The van der Waals surface area contributed by atoms with Crippen LogP contribution in [0.1, 0.15) is 17.5 Å². The molecule has 1 aliphatic heterocycles. The van der Waals surface area contributed by atoms with E-state index in [1.807, 2.05) is 0 Å². The van der Waals surface area contributed by atoms with Crippen LogP contribution in [0, 0.1) is 6.92 Å². The molecule has 5 N–H and O–H groups in total. The van der Waals surface area contributed by atoms with Crippen molar-refractivity contribution < 1.29 is 52.1 Å². The number of fused-ring (bicyclic) bond motifs is 1. The Morgan fingerprint density at radius 3 is 2.53 bits per heavy atom. The summed E-state index contributed by atoms with van der Waals surface area (Å²) in [6, 6.07) is 6.29. The van der Waals surface area contributed by atoms with Crippen LogP contribution in [0.25, 0.3) is 11.0 Å². The average Bonchev–Trinajstić information content (AvgIpc) is 3.31. The van der Waals surface area contributed by atoms with Gasteiger partial charge in [-0.3, -0.25) is 18.5 Å². The van der Waals surface area contributed by atoms with Crippen LogP contribution in [0.3, 0.4) is 0 Å². The van der Waals surface area contributed by atoms with Crippen molar-refractivity contribution in [3.05, 3.63) is 62.6 Å². The first kappa shape index (κ1) is 26.6. The highest BCUT2D eigenvalue weighted by Crippen LogP contribution is 2.57. The number of nitrogens with zero attached hydrogens (tertiary/aromatic N) is 3. The van der Waals surface area contributed by atoms with Crippen molar-refractivity contribution in [2.24, 2.45) is 0 Å². The van der Waals surface area contributed by atoms with Gasteiger partial charge in [-0.05, 0) is 18.6 Å². The number of aliphatic hydroxyl groups excluding tert-OH is 2. The fraction of sp³-hybridized carbons (Fsp3) is 0.389. The summed E-state index contributed by atoms with van der Waals surface area (Å²) >= 11 is 0. The van der Waals surface area contributed by atoms with Gasteiger partial charge in [0.2, 0.25) is 0 Å². The average molecular weight is 549 g/mol. The molecule has 2 aromatic heterocycles. The zero-order valence-electron chi connectivity index (χ0n) is 18.3. The first-order valence-corrected chi connectivity index (χ1v) is 13.2. The van der Waals surface area contributed by atoms with E-state index in [1.165, 1.54) is 0 Å². The van der Waals surface area contributed by atoms with E-state index in [1.54, 1.807) is 25.1 Å². The van der Waals surface area contributed by atoms with Gasteiger partial charge in [0.05, 0.1) is 13.2 Å². The minimum Gasteiger partial charge on any atom is -0.387 e. The zero-order chi connectivity index (χ0) is 26.4. The number of hydrogen-bond acceptors (Lipinski definition) is 11. The SMILES string of the molecule is Cc1cccc2c(Cn3c(=O)ccn([C@@H]4O[C@H](COP(=O)(O)OP(=O)(O)O)[C@H](O)[C@@H]4O)c3=O)noc12. The molecule has 0 spiro atoms. The lowest BCUT2D eigenvalue weighted by Crippen LogP contribution is -2.43. The van der Waals surface area contributed by atoms with Crippen molar-refractivity contribution in [3.8, 4) is 0 Å². The molecular weight excluding hydrogens is 528 g/mol. The number of benzene rings is 1. The first-order valence-electron chi connectivity index (χ1n) is 10.2. The maximum atomic E-state index is 13.1. The summed E-state index contributed by atoms with van der Waals surface area (Å²) in [4.78, 5) is 52.3. The second-order valence-corrected chi connectivity index (χ2v) is 10.7. The van der Waals surface area contributed by atoms with E-state index in [9.17, 15) is 33.8 Å². The molecule has 3 heterocycles. The Morgan fingerprint density at radius 1 is 1.11 bits per heavy atom. The van der Waals surface area contributed by atoms with E-state index in [4.69, 9.17) is 19.0 Å². The van der Waals surface area contributed by atoms with E-state index in [0.29, 0.717) is 16.7 Å². The molecule has 0 radical (unpaired) electrons. The molecule has 1 aromatic carbocycles. The zero-order valence-corrected chi connectivity index (χ0v) is 20.1. The minimum atomic E-state index is -5.38. The Hall–Kier alpha value is -2.49. The van der Waals surface area contributed by atoms with Crippen LogP contribution >= 0.6 is 15.6 Å². The van der Waals surface area contributed by atoms with Crippen LogP contribution in [-0.4, -0.2) is 64.1 Å². The topological polar surface area (TPSA) is 233 Å². The van der Waals surface area contributed by atoms with Crippen LogP contribution in [0.15, 0.2) is 44.6 Å². The number of aryl methyl sites for hydroxylation is 1. The summed E-state index contributed by atoms with van der Waals surface area (Å²) < 4.78 is 42.8. The minimum absolute atomic E-state index is 0.278. The van der Waals surface area contributed by atoms with Gasteiger partial charge in [-0.25, -0.2) is 13.9 Å². The third-order valence-electron chi connectivity index (χ3n) is 5.40. The quantitative estimate of drug-likeness (QED) is 0.220. The molecule has 0 amide bonds. The molecule has 1 unspecified atom stereocenters. The van der Waals surface area contributed by atoms with E-state index < -0.39 is 58.0 Å². The van der Waals surface area contributed by atoms with Crippen molar-refractivity contribution in [1.29, 1.82) is 0 Å². The van der Waals surface area contributed by atoms with E-state index in [0.717, 1.165) is 27.0 Å². The van der Waals surface area contributed by atoms with Gasteiger partial charge in [0.15, 0.2) is 11.8 Å². The Bertz CT molecular complexity index is 1490. The highest BCUT2D eigenvalue weighted by Gasteiger charge is 2.46. The Balaban J connectivity index is 1.57. The fourth-order valence-corrected chi connectivity index (χ4v) is 5.31. The third kappa shape index (κ3) is 5.43. The summed E-state index contributed by atoms with van der Waals surface area (Å²) in [5.74, 6) is 0. The van der Waals surface area contributed by atoms with Crippen molar-refractivity contribution in [2.75, 3.05) is 6.61 Å². The lowest BCUT2D eigenvalue weighted by molar-refractivity contribution is -0.0547. The highest BCUT2D eigenvalue weighted by molar-refractivity contribution is 7.60. The number of aliphatic hydroxyl groups is 2. The fourth-order valence-electron chi connectivity index (χ4n) is 3.71. The molecule has 0 aliphatic carbocycles. The molecule has 36 heavy (non-hydrogen) atoms. The largest absolute Gasteiger partial charge is 0.481 e. The van der Waals surface area contributed by atoms with Gasteiger partial charge < -0.3 is 34.2 Å². The summed E-state index contributed by atoms with van der Waals surface area (Å²) in [7, 11) is -10.6. The molecule has 1 fully saturated rings. The number of phosphoric acid groups is 2. The Labute approximate surface area is 200 Å². The van der Waals surface area contributed by atoms with Crippen LogP contribution in [0.4, 0.5) is 0 Å². The Kier molecular flexibility index (Phi) is 7.20. The number of ether oxygens (including phenoxy) is 1. The molecule has 5 atom stereocenters. The molecular formula is C18H21N3O13P2. The molecule has 1 aliphatic rings. The van der Waals surface area contributed by atoms with Gasteiger partial charge in [-0.1, -0.05) is 17.3 Å². The second kappa shape index (κ2) is 9.76. The maximum Gasteiger partial charge on any atom is 0.481 e. The molecule has 0 saturated carbocycles. The normalized spacial score (nSPS) is 24.3. The smallest absolute Gasteiger partial charge is 0.387 e. The van der Waals surface area contributed by atoms with Gasteiger partial charge in [0.25, 0.3) is 5.56 Å². The van der Waals surface area contributed by atoms with E-state index in [2.05, 4.69) is 14.0 Å².